The summed E-state index contributed by atoms with van der Waals surface area (Å²) in [6.07, 6.45) is -1.00. The maximum absolute atomic E-state index is 12.6. The zero-order valence-corrected chi connectivity index (χ0v) is 16.7. The Labute approximate surface area is 158 Å². The minimum atomic E-state index is -0.888. The Hall–Kier alpha value is -2.70. The maximum Gasteiger partial charge on any atom is 0.312 e. The van der Waals surface area contributed by atoms with Crippen LogP contribution in [0.15, 0.2) is 29.1 Å². The molecule has 1 aromatic carbocycles. The second-order valence-electron chi connectivity index (χ2n) is 7.16. The number of aromatic nitrogens is 2. The van der Waals surface area contributed by atoms with Crippen molar-refractivity contribution in [3.8, 4) is 0 Å². The number of rotatable bonds is 6. The molecule has 0 saturated carbocycles. The predicted molar refractivity (Wildman–Crippen MR) is 103 cm³/mol. The van der Waals surface area contributed by atoms with Gasteiger partial charge in [-0.15, -0.1) is 0 Å². The Morgan fingerprint density at radius 2 is 1.63 bits per heavy atom. The van der Waals surface area contributed by atoms with Crippen LogP contribution in [0, 0.1) is 0 Å². The van der Waals surface area contributed by atoms with E-state index in [0.29, 0.717) is 16.5 Å². The number of carbonyl (C=O) groups is 2. The Morgan fingerprint density at radius 1 is 1.07 bits per heavy atom. The van der Waals surface area contributed by atoms with Gasteiger partial charge >= 0.3 is 5.97 Å². The molecule has 7 heteroatoms. The van der Waals surface area contributed by atoms with Crippen LogP contribution in [0.2, 0.25) is 0 Å². The van der Waals surface area contributed by atoms with Gasteiger partial charge < -0.3 is 9.64 Å². The van der Waals surface area contributed by atoms with Gasteiger partial charge in [0.2, 0.25) is 0 Å². The van der Waals surface area contributed by atoms with Crippen LogP contribution in [0.5, 0.6) is 0 Å². The number of fused-ring (bicyclic) bond motifs is 1. The first kappa shape index (κ1) is 20.6. The summed E-state index contributed by atoms with van der Waals surface area (Å²) in [6, 6.07) is 7.01. The monoisotopic (exact) mass is 373 g/mol. The number of ether oxygens (including phenoxy) is 1. The van der Waals surface area contributed by atoms with E-state index in [4.69, 9.17) is 4.74 Å². The molecular formula is C20H27N3O4. The zero-order chi connectivity index (χ0) is 20.3. The lowest BCUT2D eigenvalue weighted by molar-refractivity contribution is -0.160. The fourth-order valence-electron chi connectivity index (χ4n) is 3.25. The van der Waals surface area contributed by atoms with Gasteiger partial charge in [0.1, 0.15) is 0 Å². The summed E-state index contributed by atoms with van der Waals surface area (Å²) in [7, 11) is 1.54. The molecular weight excluding hydrogens is 346 g/mol. The molecule has 1 amide bonds. The van der Waals surface area contributed by atoms with Crippen molar-refractivity contribution in [3.05, 3.63) is 40.3 Å². The van der Waals surface area contributed by atoms with Crippen molar-refractivity contribution < 1.29 is 14.3 Å². The van der Waals surface area contributed by atoms with Gasteiger partial charge in [-0.3, -0.25) is 14.4 Å². The van der Waals surface area contributed by atoms with Gasteiger partial charge in [-0.1, -0.05) is 18.2 Å². The lowest BCUT2D eigenvalue weighted by Crippen LogP contribution is -2.47. The van der Waals surface area contributed by atoms with E-state index in [0.717, 1.165) is 0 Å². The lowest BCUT2D eigenvalue weighted by Gasteiger charge is -2.32. The Bertz CT molecular complexity index is 894. The van der Waals surface area contributed by atoms with Gasteiger partial charge in [-0.25, -0.2) is 4.68 Å². The fourth-order valence-corrected chi connectivity index (χ4v) is 3.25. The molecule has 0 aliphatic carbocycles. The molecule has 146 valence electrons. The van der Waals surface area contributed by atoms with Gasteiger partial charge in [0, 0.05) is 24.5 Å². The molecule has 0 fully saturated rings. The van der Waals surface area contributed by atoms with Crippen molar-refractivity contribution in [3.63, 3.8) is 0 Å². The molecule has 0 spiro atoms. The molecule has 1 heterocycles. The van der Waals surface area contributed by atoms with Gasteiger partial charge in [-0.2, -0.15) is 5.10 Å². The molecule has 7 nitrogen and oxygen atoms in total. The second kappa shape index (κ2) is 8.33. The van der Waals surface area contributed by atoms with Crippen molar-refractivity contribution in [1.82, 2.24) is 14.7 Å². The number of benzene rings is 1. The minimum Gasteiger partial charge on any atom is -0.452 e. The lowest BCUT2D eigenvalue weighted by atomic mass is 10.1. The van der Waals surface area contributed by atoms with E-state index in [1.165, 1.54) is 4.68 Å². The van der Waals surface area contributed by atoms with Crippen LogP contribution >= 0.6 is 0 Å². The molecule has 1 aromatic heterocycles. The van der Waals surface area contributed by atoms with Crippen LogP contribution in [-0.2, 0) is 27.8 Å². The quantitative estimate of drug-likeness (QED) is 0.724. The van der Waals surface area contributed by atoms with Gasteiger partial charge in [0.25, 0.3) is 11.5 Å². The van der Waals surface area contributed by atoms with E-state index in [2.05, 4.69) is 5.10 Å². The second-order valence-corrected chi connectivity index (χ2v) is 7.16. The molecule has 1 atom stereocenters. The van der Waals surface area contributed by atoms with Crippen molar-refractivity contribution >= 4 is 22.6 Å². The Morgan fingerprint density at radius 3 is 2.19 bits per heavy atom. The zero-order valence-electron chi connectivity index (χ0n) is 16.7. The number of hydrogen-bond acceptors (Lipinski definition) is 5. The van der Waals surface area contributed by atoms with Crippen molar-refractivity contribution in [2.24, 2.45) is 7.05 Å². The third-order valence-electron chi connectivity index (χ3n) is 4.37. The van der Waals surface area contributed by atoms with Gasteiger partial charge in [0.05, 0.1) is 17.5 Å². The highest BCUT2D eigenvalue weighted by molar-refractivity contribution is 5.88. The molecule has 0 saturated heterocycles. The van der Waals surface area contributed by atoms with Crippen LogP contribution < -0.4 is 5.56 Å². The smallest absolute Gasteiger partial charge is 0.312 e. The average Bonchev–Trinajstić information content (AvgIpc) is 2.58. The summed E-state index contributed by atoms with van der Waals surface area (Å²) < 4.78 is 6.57. The summed E-state index contributed by atoms with van der Waals surface area (Å²) in [5, 5.41) is 5.30. The predicted octanol–water partition coefficient (Wildman–Crippen LogP) is 2.05. The van der Waals surface area contributed by atoms with Crippen molar-refractivity contribution in [1.29, 1.82) is 0 Å². The average molecular weight is 373 g/mol. The van der Waals surface area contributed by atoms with Crippen molar-refractivity contribution in [2.45, 2.75) is 59.2 Å². The van der Waals surface area contributed by atoms with Gasteiger partial charge in [0.15, 0.2) is 6.10 Å². The van der Waals surface area contributed by atoms with E-state index in [1.807, 2.05) is 27.7 Å². The Kier molecular flexibility index (Phi) is 6.36. The highest BCUT2D eigenvalue weighted by Gasteiger charge is 2.28. The molecule has 0 radical (unpaired) electrons. The van der Waals surface area contributed by atoms with Crippen LogP contribution in [0.25, 0.3) is 10.8 Å². The molecule has 0 aliphatic rings. The summed E-state index contributed by atoms with van der Waals surface area (Å²) in [5.74, 6) is -0.786. The molecule has 0 N–H and O–H groups in total. The first-order chi connectivity index (χ1) is 12.6. The van der Waals surface area contributed by atoms with Crippen LogP contribution in [0.3, 0.4) is 0 Å². The van der Waals surface area contributed by atoms with E-state index in [9.17, 15) is 14.4 Å². The maximum atomic E-state index is 12.6. The summed E-state index contributed by atoms with van der Waals surface area (Å²) in [5.41, 5.74) is 0.220. The molecule has 0 aliphatic heterocycles. The normalized spacial score (nSPS) is 12.4. The number of esters is 1. The van der Waals surface area contributed by atoms with Crippen LogP contribution in [0.1, 0.15) is 40.3 Å². The molecule has 2 rings (SSSR count). The van der Waals surface area contributed by atoms with Crippen LogP contribution in [0.4, 0.5) is 0 Å². The summed E-state index contributed by atoms with van der Waals surface area (Å²) in [4.78, 5) is 38.9. The van der Waals surface area contributed by atoms with E-state index >= 15 is 0 Å². The third kappa shape index (κ3) is 4.53. The van der Waals surface area contributed by atoms with Gasteiger partial charge in [-0.05, 0) is 40.7 Å². The first-order valence-electron chi connectivity index (χ1n) is 9.10. The molecule has 0 unspecified atom stereocenters. The minimum absolute atomic E-state index is 0.00732. The van der Waals surface area contributed by atoms with E-state index in [1.54, 1.807) is 43.1 Å². The van der Waals surface area contributed by atoms with E-state index < -0.39 is 12.1 Å². The highest BCUT2D eigenvalue weighted by atomic mass is 16.5. The first-order valence-corrected chi connectivity index (χ1v) is 9.10. The number of nitrogens with zero attached hydrogens (tertiary/aromatic N) is 3. The third-order valence-corrected chi connectivity index (χ3v) is 4.37. The summed E-state index contributed by atoms with van der Waals surface area (Å²) in [6.45, 7) is 9.27. The largest absolute Gasteiger partial charge is 0.452 e. The number of amides is 1. The highest BCUT2D eigenvalue weighted by Crippen LogP contribution is 2.15. The molecule has 27 heavy (non-hydrogen) atoms. The number of carbonyl (C=O) groups excluding carboxylic acids is 2. The summed E-state index contributed by atoms with van der Waals surface area (Å²) >= 11 is 0. The van der Waals surface area contributed by atoms with E-state index in [-0.39, 0.29) is 30.0 Å². The number of hydrogen-bond donors (Lipinski definition) is 0. The topological polar surface area (TPSA) is 81.5 Å². The number of aryl methyl sites for hydroxylation is 1. The molecule has 0 bridgehead atoms. The fraction of sp³-hybridized carbons (Fsp3) is 0.500. The molecule has 2 aromatic rings. The van der Waals surface area contributed by atoms with Crippen LogP contribution in [-0.4, -0.2) is 44.7 Å². The SMILES string of the molecule is CC(C)N(C(=O)[C@H](C)OC(=O)Cc1nn(C)c(=O)c2ccccc12)C(C)C. The van der Waals surface area contributed by atoms with Crippen molar-refractivity contribution in [2.75, 3.05) is 0 Å². The Balaban J connectivity index is 2.19. The standard InChI is InChI=1S/C20H27N3O4/c1-12(2)23(13(3)4)19(25)14(5)27-18(24)11-17-15-9-7-8-10-16(15)20(26)22(6)21-17/h7-10,12-14H,11H2,1-6H3/t14-/m0/s1.